The topological polar surface area (TPSA) is 85.8 Å². The van der Waals surface area contributed by atoms with Gasteiger partial charge in [-0.05, 0) is 61.7 Å². The van der Waals surface area contributed by atoms with Crippen LogP contribution < -0.4 is 10.4 Å². The highest BCUT2D eigenvalue weighted by Crippen LogP contribution is 2.23. The van der Waals surface area contributed by atoms with Crippen molar-refractivity contribution in [2.75, 3.05) is 26.2 Å². The Balaban J connectivity index is 1.22. The van der Waals surface area contributed by atoms with Crippen LogP contribution in [0.3, 0.4) is 0 Å². The van der Waals surface area contributed by atoms with Crippen molar-refractivity contribution in [3.05, 3.63) is 80.7 Å². The van der Waals surface area contributed by atoms with Gasteiger partial charge in [0.05, 0.1) is 16.9 Å². The van der Waals surface area contributed by atoms with Crippen molar-refractivity contribution in [2.24, 2.45) is 5.92 Å². The van der Waals surface area contributed by atoms with E-state index >= 15 is 0 Å². The maximum absolute atomic E-state index is 12.1. The monoisotopic (exact) mass is 422 g/mol. The van der Waals surface area contributed by atoms with E-state index in [1.807, 2.05) is 0 Å². The Morgan fingerprint density at radius 1 is 1.10 bits per heavy atom. The zero-order chi connectivity index (χ0) is 21.6. The van der Waals surface area contributed by atoms with Gasteiger partial charge in [-0.25, -0.2) is 4.79 Å². The van der Waals surface area contributed by atoms with Gasteiger partial charge in [-0.3, -0.25) is 10.1 Å². The number of hydrogen-bond donors (Lipinski definition) is 0. The van der Waals surface area contributed by atoms with Gasteiger partial charge in [0.15, 0.2) is 0 Å². The van der Waals surface area contributed by atoms with Gasteiger partial charge in [0.2, 0.25) is 0 Å². The molecule has 0 N–H and O–H groups in total. The molecule has 1 fully saturated rings. The molecule has 0 amide bonds. The van der Waals surface area contributed by atoms with Crippen LogP contribution in [-0.4, -0.2) is 36.1 Å². The van der Waals surface area contributed by atoms with Crippen LogP contribution in [0.2, 0.25) is 0 Å². The summed E-state index contributed by atoms with van der Waals surface area (Å²) in [6.45, 7) is 3.59. The van der Waals surface area contributed by atoms with Crippen LogP contribution in [0.5, 0.6) is 5.95 Å². The fourth-order valence-corrected chi connectivity index (χ4v) is 4.16. The van der Waals surface area contributed by atoms with E-state index in [4.69, 9.17) is 9.15 Å². The third kappa shape index (κ3) is 5.49. The van der Waals surface area contributed by atoms with Crippen LogP contribution in [-0.2, 0) is 6.42 Å². The minimum absolute atomic E-state index is 0.138. The lowest BCUT2D eigenvalue weighted by molar-refractivity contribution is -0.384. The van der Waals surface area contributed by atoms with E-state index in [2.05, 4.69) is 35.2 Å². The lowest BCUT2D eigenvalue weighted by Gasteiger charge is -2.32. The number of fused-ring (bicyclic) bond motifs is 1. The van der Waals surface area contributed by atoms with Gasteiger partial charge in [-0.15, -0.1) is 0 Å². The molecule has 0 saturated carbocycles. The second-order valence-electron chi connectivity index (χ2n) is 8.06. The Morgan fingerprint density at radius 2 is 1.87 bits per heavy atom. The van der Waals surface area contributed by atoms with Crippen molar-refractivity contribution in [2.45, 2.75) is 25.7 Å². The number of nitrogens with zero attached hydrogens (tertiary/aromatic N) is 2. The lowest BCUT2D eigenvalue weighted by atomic mass is 9.90. The molecule has 1 aliphatic rings. The highest BCUT2D eigenvalue weighted by molar-refractivity contribution is 5.83. The number of nitro groups is 1. The van der Waals surface area contributed by atoms with Gasteiger partial charge in [-0.1, -0.05) is 30.3 Å². The number of benzene rings is 2. The van der Waals surface area contributed by atoms with Crippen LogP contribution in [0.25, 0.3) is 10.8 Å². The van der Waals surface area contributed by atoms with E-state index in [1.54, 1.807) is 6.07 Å². The van der Waals surface area contributed by atoms with E-state index in [-0.39, 0.29) is 17.0 Å². The number of hydrogen-bond acceptors (Lipinski definition) is 6. The minimum atomic E-state index is -0.628. The summed E-state index contributed by atoms with van der Waals surface area (Å²) in [4.78, 5) is 24.9. The van der Waals surface area contributed by atoms with Gasteiger partial charge in [-0.2, -0.15) is 0 Å². The first-order valence-corrected chi connectivity index (χ1v) is 10.7. The molecule has 1 aliphatic heterocycles. The van der Waals surface area contributed by atoms with E-state index < -0.39 is 10.5 Å². The average Bonchev–Trinajstić information content (AvgIpc) is 2.78. The summed E-state index contributed by atoms with van der Waals surface area (Å²) in [5, 5.41) is 11.6. The molecule has 1 saturated heterocycles. The maximum Gasteiger partial charge on any atom is 0.346 e. The largest absolute Gasteiger partial charge is 0.465 e. The second kappa shape index (κ2) is 9.75. The van der Waals surface area contributed by atoms with Crippen LogP contribution >= 0.6 is 0 Å². The third-order valence-electron chi connectivity index (χ3n) is 5.87. The summed E-state index contributed by atoms with van der Waals surface area (Å²) in [5.41, 5.74) is 0.651. The Hall–Kier alpha value is -3.19. The van der Waals surface area contributed by atoms with Crippen LogP contribution in [0.15, 0.2) is 63.8 Å². The Labute approximate surface area is 180 Å². The van der Waals surface area contributed by atoms with Gasteiger partial charge in [0.1, 0.15) is 0 Å². The SMILES string of the molecule is O=c1oc(OCCCN2CCC(Cc3ccccc3)CC2)cc2ccc([N+](=O)[O-])cc12. The summed E-state index contributed by atoms with van der Waals surface area (Å²) in [5.74, 6) is 0.894. The van der Waals surface area contributed by atoms with Gasteiger partial charge in [0, 0.05) is 24.7 Å². The molecule has 2 aromatic carbocycles. The zero-order valence-corrected chi connectivity index (χ0v) is 17.4. The van der Waals surface area contributed by atoms with Crippen LogP contribution in [0.1, 0.15) is 24.8 Å². The Bertz CT molecular complexity index is 1090. The molecule has 0 radical (unpaired) electrons. The van der Waals surface area contributed by atoms with E-state index in [9.17, 15) is 14.9 Å². The van der Waals surface area contributed by atoms with Crippen molar-refractivity contribution in [3.8, 4) is 5.95 Å². The number of nitro benzene ring substituents is 1. The lowest BCUT2D eigenvalue weighted by Crippen LogP contribution is -2.35. The summed E-state index contributed by atoms with van der Waals surface area (Å²) >= 11 is 0. The fourth-order valence-electron chi connectivity index (χ4n) is 4.16. The quantitative estimate of drug-likeness (QED) is 0.303. The maximum atomic E-state index is 12.1. The molecule has 0 atom stereocenters. The van der Waals surface area contributed by atoms with Crippen molar-refractivity contribution < 1.29 is 14.1 Å². The fraction of sp³-hybridized carbons (Fsp3) is 0.375. The number of rotatable bonds is 8. The molecule has 1 aromatic heterocycles. The Morgan fingerprint density at radius 3 is 2.61 bits per heavy atom. The average molecular weight is 422 g/mol. The summed E-state index contributed by atoms with van der Waals surface area (Å²) in [6, 6.07) is 16.4. The number of non-ortho nitro benzene ring substituents is 1. The first-order chi connectivity index (χ1) is 15.1. The minimum Gasteiger partial charge on any atom is -0.465 e. The van der Waals surface area contributed by atoms with Gasteiger partial charge in [0.25, 0.3) is 11.6 Å². The zero-order valence-electron chi connectivity index (χ0n) is 17.4. The normalized spacial score (nSPS) is 15.2. The smallest absolute Gasteiger partial charge is 0.346 e. The predicted molar refractivity (Wildman–Crippen MR) is 119 cm³/mol. The molecule has 0 bridgehead atoms. The van der Waals surface area contributed by atoms with Crippen molar-refractivity contribution >= 4 is 16.5 Å². The molecule has 4 rings (SSSR count). The first-order valence-electron chi connectivity index (χ1n) is 10.7. The highest BCUT2D eigenvalue weighted by atomic mass is 16.6. The summed E-state index contributed by atoms with van der Waals surface area (Å²) in [7, 11) is 0. The molecule has 3 aromatic rings. The van der Waals surface area contributed by atoms with Gasteiger partial charge >= 0.3 is 5.63 Å². The van der Waals surface area contributed by atoms with Crippen molar-refractivity contribution in [1.29, 1.82) is 0 Å². The molecule has 7 heteroatoms. The van der Waals surface area contributed by atoms with Crippen LogP contribution in [0.4, 0.5) is 5.69 Å². The first kappa shape index (κ1) is 21.1. The van der Waals surface area contributed by atoms with Gasteiger partial charge < -0.3 is 14.1 Å². The number of ether oxygens (including phenoxy) is 1. The molecular weight excluding hydrogens is 396 g/mol. The molecule has 2 heterocycles. The standard InChI is InChI=1S/C24H26N2O5/c27-24-22-17-21(26(28)29)8-7-20(22)16-23(31-24)30-14-4-11-25-12-9-19(10-13-25)15-18-5-2-1-3-6-18/h1-3,5-8,16-17,19H,4,9-15H2. The summed E-state index contributed by atoms with van der Waals surface area (Å²) < 4.78 is 10.8. The molecule has 0 aliphatic carbocycles. The number of likely N-dealkylation sites (tertiary alicyclic amines) is 1. The summed E-state index contributed by atoms with van der Waals surface area (Å²) in [6.07, 6.45) is 4.41. The molecule has 7 nitrogen and oxygen atoms in total. The van der Waals surface area contributed by atoms with Crippen molar-refractivity contribution in [1.82, 2.24) is 4.90 Å². The molecule has 162 valence electrons. The Kier molecular flexibility index (Phi) is 6.62. The number of piperidine rings is 1. The third-order valence-corrected chi connectivity index (χ3v) is 5.87. The molecular formula is C24H26N2O5. The van der Waals surface area contributed by atoms with Crippen molar-refractivity contribution in [3.63, 3.8) is 0 Å². The van der Waals surface area contributed by atoms with Crippen LogP contribution in [0, 0.1) is 16.0 Å². The molecule has 0 unspecified atom stereocenters. The predicted octanol–water partition coefficient (Wildman–Crippen LogP) is 4.42. The highest BCUT2D eigenvalue weighted by Gasteiger charge is 2.19. The molecule has 0 spiro atoms. The molecule has 31 heavy (non-hydrogen) atoms. The second-order valence-corrected chi connectivity index (χ2v) is 8.06. The van der Waals surface area contributed by atoms with E-state index in [0.29, 0.717) is 12.0 Å². The van der Waals surface area contributed by atoms with E-state index in [0.717, 1.165) is 38.4 Å². The van der Waals surface area contributed by atoms with E-state index in [1.165, 1.54) is 36.6 Å².